The zero-order valence-corrected chi connectivity index (χ0v) is 13.0. The second-order valence-electron chi connectivity index (χ2n) is 6.34. The van der Waals surface area contributed by atoms with Gasteiger partial charge in [0.05, 0.1) is 6.04 Å². The molecule has 0 bridgehead atoms. The van der Waals surface area contributed by atoms with E-state index < -0.39 is 0 Å². The van der Waals surface area contributed by atoms with E-state index in [-0.39, 0.29) is 5.41 Å². The molecule has 1 atom stereocenters. The van der Waals surface area contributed by atoms with Gasteiger partial charge in [-0.2, -0.15) is 0 Å². The van der Waals surface area contributed by atoms with Gasteiger partial charge in [0.2, 0.25) is 0 Å². The molecule has 20 heavy (non-hydrogen) atoms. The van der Waals surface area contributed by atoms with E-state index in [2.05, 4.69) is 87.6 Å². The Labute approximate surface area is 123 Å². The van der Waals surface area contributed by atoms with Crippen molar-refractivity contribution >= 4 is 5.69 Å². The van der Waals surface area contributed by atoms with Crippen LogP contribution in [0.1, 0.15) is 51.3 Å². The molecule has 0 heterocycles. The van der Waals surface area contributed by atoms with E-state index >= 15 is 0 Å². The van der Waals surface area contributed by atoms with Crippen LogP contribution in [0.25, 0.3) is 0 Å². The minimum atomic E-state index is 0.210. The molecule has 1 nitrogen and oxygen atoms in total. The molecule has 106 valence electrons. The van der Waals surface area contributed by atoms with Crippen LogP contribution in [0.5, 0.6) is 0 Å². The second-order valence-corrected chi connectivity index (χ2v) is 6.34. The lowest BCUT2D eigenvalue weighted by Crippen LogP contribution is -2.12. The van der Waals surface area contributed by atoms with Crippen LogP contribution in [0.4, 0.5) is 5.69 Å². The highest BCUT2D eigenvalue weighted by molar-refractivity contribution is 5.47. The summed E-state index contributed by atoms with van der Waals surface area (Å²) in [5, 5.41) is 3.62. The van der Waals surface area contributed by atoms with Gasteiger partial charge in [-0.05, 0) is 35.1 Å². The van der Waals surface area contributed by atoms with Crippen LogP contribution < -0.4 is 5.32 Å². The van der Waals surface area contributed by atoms with E-state index in [1.54, 1.807) is 0 Å². The first-order valence-corrected chi connectivity index (χ1v) is 7.42. The minimum Gasteiger partial charge on any atom is -0.378 e. The molecule has 2 aromatic rings. The van der Waals surface area contributed by atoms with Gasteiger partial charge < -0.3 is 5.32 Å². The highest BCUT2D eigenvalue weighted by Crippen LogP contribution is 2.26. The Balaban J connectivity index is 2.13. The third-order valence-corrected chi connectivity index (χ3v) is 3.70. The molecule has 0 aliphatic heterocycles. The van der Waals surface area contributed by atoms with Gasteiger partial charge in [-0.3, -0.25) is 0 Å². The summed E-state index contributed by atoms with van der Waals surface area (Å²) in [6.45, 7) is 8.95. The molecule has 2 aromatic carbocycles. The second kappa shape index (κ2) is 6.13. The van der Waals surface area contributed by atoms with Crippen LogP contribution in [0, 0.1) is 0 Å². The largest absolute Gasteiger partial charge is 0.378 e. The zero-order chi connectivity index (χ0) is 14.6. The molecule has 0 amide bonds. The summed E-state index contributed by atoms with van der Waals surface area (Å²) < 4.78 is 0. The Morgan fingerprint density at radius 1 is 0.900 bits per heavy atom. The van der Waals surface area contributed by atoms with Crippen LogP contribution in [-0.2, 0) is 5.41 Å². The lowest BCUT2D eigenvalue weighted by molar-refractivity contribution is 0.590. The summed E-state index contributed by atoms with van der Waals surface area (Å²) >= 11 is 0. The molecule has 1 N–H and O–H groups in total. The molecule has 0 aromatic heterocycles. The van der Waals surface area contributed by atoms with Crippen molar-refractivity contribution < 1.29 is 0 Å². The van der Waals surface area contributed by atoms with E-state index in [0.29, 0.717) is 6.04 Å². The molecular weight excluding hydrogens is 242 g/mol. The van der Waals surface area contributed by atoms with E-state index in [4.69, 9.17) is 0 Å². The van der Waals surface area contributed by atoms with Crippen LogP contribution in [0.2, 0.25) is 0 Å². The minimum absolute atomic E-state index is 0.210. The highest BCUT2D eigenvalue weighted by atomic mass is 14.9. The Hall–Kier alpha value is -1.76. The monoisotopic (exact) mass is 267 g/mol. The molecule has 0 saturated heterocycles. The third kappa shape index (κ3) is 3.63. The maximum Gasteiger partial charge on any atom is 0.0511 e. The van der Waals surface area contributed by atoms with Crippen LogP contribution >= 0.6 is 0 Å². The van der Waals surface area contributed by atoms with Gasteiger partial charge in [0.15, 0.2) is 0 Å². The average Bonchev–Trinajstić information content (AvgIpc) is 2.45. The summed E-state index contributed by atoms with van der Waals surface area (Å²) in [4.78, 5) is 0. The van der Waals surface area contributed by atoms with Gasteiger partial charge in [0.1, 0.15) is 0 Å². The molecule has 0 fully saturated rings. The molecule has 2 rings (SSSR count). The average molecular weight is 267 g/mol. The van der Waals surface area contributed by atoms with Gasteiger partial charge in [-0.15, -0.1) is 0 Å². The smallest absolute Gasteiger partial charge is 0.0511 e. The van der Waals surface area contributed by atoms with Crippen molar-refractivity contribution in [1.29, 1.82) is 0 Å². The van der Waals surface area contributed by atoms with Gasteiger partial charge in [-0.25, -0.2) is 0 Å². The van der Waals surface area contributed by atoms with Crippen molar-refractivity contribution in [3.8, 4) is 0 Å². The van der Waals surface area contributed by atoms with Crippen molar-refractivity contribution in [3.05, 3.63) is 65.7 Å². The van der Waals surface area contributed by atoms with Crippen molar-refractivity contribution in [2.45, 2.75) is 45.6 Å². The zero-order valence-electron chi connectivity index (χ0n) is 13.0. The topological polar surface area (TPSA) is 12.0 Å². The quantitative estimate of drug-likeness (QED) is 0.766. The molecule has 0 radical (unpaired) electrons. The Kier molecular flexibility index (Phi) is 4.49. The summed E-state index contributed by atoms with van der Waals surface area (Å²) in [6.07, 6.45) is 1.07. The van der Waals surface area contributed by atoms with Crippen molar-refractivity contribution in [2.24, 2.45) is 0 Å². The number of hydrogen-bond donors (Lipinski definition) is 1. The van der Waals surface area contributed by atoms with Crippen molar-refractivity contribution in [1.82, 2.24) is 0 Å². The molecule has 0 aliphatic rings. The molecule has 1 heteroatoms. The fraction of sp³-hybridized carbons (Fsp3) is 0.368. The van der Waals surface area contributed by atoms with Crippen molar-refractivity contribution in [2.75, 3.05) is 5.32 Å². The maximum atomic E-state index is 3.62. The lowest BCUT2D eigenvalue weighted by Gasteiger charge is -2.22. The SMILES string of the molecule is CCC(Nc1ccc(C(C)(C)C)cc1)c1ccccc1. The van der Waals surface area contributed by atoms with Gasteiger partial charge in [0, 0.05) is 5.69 Å². The molecule has 1 unspecified atom stereocenters. The highest BCUT2D eigenvalue weighted by Gasteiger charge is 2.13. The predicted molar refractivity (Wildman–Crippen MR) is 88.2 cm³/mol. The lowest BCUT2D eigenvalue weighted by atomic mass is 9.87. The van der Waals surface area contributed by atoms with Crippen LogP contribution in [0.3, 0.4) is 0 Å². The normalized spacial score (nSPS) is 13.0. The maximum absolute atomic E-state index is 3.62. The Morgan fingerprint density at radius 3 is 2.00 bits per heavy atom. The number of anilines is 1. The van der Waals surface area contributed by atoms with E-state index in [9.17, 15) is 0 Å². The van der Waals surface area contributed by atoms with Gasteiger partial charge in [-0.1, -0.05) is 70.2 Å². The standard InChI is InChI=1S/C19H25N/c1-5-18(15-9-7-6-8-10-15)20-17-13-11-16(12-14-17)19(2,3)4/h6-14,18,20H,5H2,1-4H3. The number of benzene rings is 2. The first-order chi connectivity index (χ1) is 9.50. The number of hydrogen-bond acceptors (Lipinski definition) is 1. The summed E-state index contributed by atoms with van der Waals surface area (Å²) in [5.74, 6) is 0. The number of rotatable bonds is 4. The molecule has 0 spiro atoms. The number of nitrogens with one attached hydrogen (secondary N) is 1. The summed E-state index contributed by atoms with van der Waals surface area (Å²) in [5.41, 5.74) is 4.11. The van der Waals surface area contributed by atoms with E-state index in [0.717, 1.165) is 6.42 Å². The fourth-order valence-corrected chi connectivity index (χ4v) is 2.37. The fourth-order valence-electron chi connectivity index (χ4n) is 2.37. The molecule has 0 saturated carbocycles. The van der Waals surface area contributed by atoms with Crippen LogP contribution in [0.15, 0.2) is 54.6 Å². The summed E-state index contributed by atoms with van der Waals surface area (Å²) in [7, 11) is 0. The first-order valence-electron chi connectivity index (χ1n) is 7.42. The third-order valence-electron chi connectivity index (χ3n) is 3.70. The molecule has 0 aliphatic carbocycles. The Morgan fingerprint density at radius 2 is 1.50 bits per heavy atom. The van der Waals surface area contributed by atoms with Gasteiger partial charge >= 0.3 is 0 Å². The predicted octanol–water partition coefficient (Wildman–Crippen LogP) is 5.55. The van der Waals surface area contributed by atoms with E-state index in [1.165, 1.54) is 16.8 Å². The van der Waals surface area contributed by atoms with Crippen LogP contribution in [-0.4, -0.2) is 0 Å². The Bertz CT molecular complexity index is 520. The summed E-state index contributed by atoms with van der Waals surface area (Å²) in [6, 6.07) is 19.8. The van der Waals surface area contributed by atoms with E-state index in [1.807, 2.05) is 0 Å². The van der Waals surface area contributed by atoms with Crippen molar-refractivity contribution in [3.63, 3.8) is 0 Å². The van der Waals surface area contributed by atoms with Gasteiger partial charge in [0.25, 0.3) is 0 Å². The first kappa shape index (κ1) is 14.6. The molecular formula is C19H25N.